The molecule has 1 N–H and O–H groups in total. The molecule has 0 aliphatic heterocycles. The minimum absolute atomic E-state index is 0.0570. The molecule has 0 bridgehead atoms. The number of H-pyrrole nitrogens is 1. The third-order valence-electron chi connectivity index (χ3n) is 3.88. The fourth-order valence-electron chi connectivity index (χ4n) is 2.56. The van der Waals surface area contributed by atoms with Gasteiger partial charge in [-0.15, -0.1) is 11.3 Å². The molecule has 0 saturated carbocycles. The summed E-state index contributed by atoms with van der Waals surface area (Å²) in [7, 11) is 1.77. The molecule has 1 amide bonds. The standard InChI is InChI=1S/C16H23N3O2S/c1-4-6-7-11(5-2)16(21)19(3)10-13-17-12-8-9-22-14(12)15(20)18-13/h8-9,11H,4-7,10H2,1-3H3,(H,17,18,20). The normalized spacial score (nSPS) is 12.5. The van der Waals surface area contributed by atoms with Crippen molar-refractivity contribution in [1.29, 1.82) is 0 Å². The summed E-state index contributed by atoms with van der Waals surface area (Å²) in [5.41, 5.74) is 0.566. The smallest absolute Gasteiger partial charge is 0.268 e. The Morgan fingerprint density at radius 3 is 2.91 bits per heavy atom. The van der Waals surface area contributed by atoms with Gasteiger partial charge in [-0.05, 0) is 24.3 Å². The van der Waals surface area contributed by atoms with Crippen LogP contribution < -0.4 is 5.56 Å². The summed E-state index contributed by atoms with van der Waals surface area (Å²) in [6.45, 7) is 4.51. The van der Waals surface area contributed by atoms with Crippen molar-refractivity contribution in [2.24, 2.45) is 5.92 Å². The minimum Gasteiger partial charge on any atom is -0.338 e. The number of amides is 1. The third-order valence-corrected chi connectivity index (χ3v) is 4.78. The van der Waals surface area contributed by atoms with Gasteiger partial charge in [0.2, 0.25) is 5.91 Å². The summed E-state index contributed by atoms with van der Waals surface area (Å²) in [4.78, 5) is 33.3. The molecule has 1 unspecified atom stereocenters. The van der Waals surface area contributed by atoms with Crippen molar-refractivity contribution in [3.05, 3.63) is 27.6 Å². The number of carbonyl (C=O) groups is 1. The number of fused-ring (bicyclic) bond motifs is 1. The summed E-state index contributed by atoms with van der Waals surface area (Å²) < 4.78 is 0.632. The van der Waals surface area contributed by atoms with E-state index in [9.17, 15) is 9.59 Å². The van der Waals surface area contributed by atoms with E-state index in [-0.39, 0.29) is 17.4 Å². The van der Waals surface area contributed by atoms with Crippen molar-refractivity contribution in [1.82, 2.24) is 14.9 Å². The Hall–Kier alpha value is -1.69. The highest BCUT2D eigenvalue weighted by molar-refractivity contribution is 7.17. The molecule has 5 nitrogen and oxygen atoms in total. The maximum Gasteiger partial charge on any atom is 0.268 e. The maximum atomic E-state index is 12.5. The molecule has 2 heterocycles. The maximum absolute atomic E-state index is 12.5. The van der Waals surface area contributed by atoms with Crippen LogP contribution in [0.4, 0.5) is 0 Å². The number of unbranched alkanes of at least 4 members (excludes halogenated alkanes) is 1. The lowest BCUT2D eigenvalue weighted by atomic mass is 9.98. The van der Waals surface area contributed by atoms with Gasteiger partial charge in [0, 0.05) is 13.0 Å². The number of aromatic nitrogens is 2. The van der Waals surface area contributed by atoms with E-state index in [1.165, 1.54) is 11.3 Å². The second-order valence-electron chi connectivity index (χ2n) is 5.59. The van der Waals surface area contributed by atoms with Gasteiger partial charge in [0.15, 0.2) is 0 Å². The molecule has 0 aliphatic rings. The van der Waals surface area contributed by atoms with E-state index in [1.807, 2.05) is 18.4 Å². The summed E-state index contributed by atoms with van der Waals surface area (Å²) in [5.74, 6) is 0.725. The Morgan fingerprint density at radius 1 is 1.45 bits per heavy atom. The van der Waals surface area contributed by atoms with Crippen LogP contribution in [0.15, 0.2) is 16.2 Å². The van der Waals surface area contributed by atoms with Crippen LogP contribution in [0.25, 0.3) is 10.2 Å². The van der Waals surface area contributed by atoms with Crippen LogP contribution in [0.3, 0.4) is 0 Å². The van der Waals surface area contributed by atoms with E-state index in [1.54, 1.807) is 11.9 Å². The lowest BCUT2D eigenvalue weighted by Crippen LogP contribution is -2.33. The molecule has 0 aliphatic carbocycles. The highest BCUT2D eigenvalue weighted by atomic mass is 32.1. The largest absolute Gasteiger partial charge is 0.338 e. The zero-order chi connectivity index (χ0) is 16.1. The number of thiophene rings is 1. The zero-order valence-corrected chi connectivity index (χ0v) is 14.2. The number of carbonyl (C=O) groups excluding carboxylic acids is 1. The van der Waals surface area contributed by atoms with Gasteiger partial charge in [-0.1, -0.05) is 26.7 Å². The first kappa shape index (κ1) is 16.7. The van der Waals surface area contributed by atoms with Crippen LogP contribution >= 0.6 is 11.3 Å². The monoisotopic (exact) mass is 321 g/mol. The Bertz CT molecular complexity index is 692. The van der Waals surface area contributed by atoms with Gasteiger partial charge in [-0.2, -0.15) is 0 Å². The van der Waals surface area contributed by atoms with Crippen molar-refractivity contribution in [3.63, 3.8) is 0 Å². The summed E-state index contributed by atoms with van der Waals surface area (Å²) >= 11 is 1.38. The lowest BCUT2D eigenvalue weighted by molar-refractivity contribution is -0.135. The van der Waals surface area contributed by atoms with Crippen molar-refractivity contribution in [2.75, 3.05) is 7.05 Å². The van der Waals surface area contributed by atoms with Gasteiger partial charge < -0.3 is 9.88 Å². The first-order valence-electron chi connectivity index (χ1n) is 7.78. The predicted molar refractivity (Wildman–Crippen MR) is 90.0 cm³/mol. The van der Waals surface area contributed by atoms with E-state index < -0.39 is 0 Å². The fourth-order valence-corrected chi connectivity index (χ4v) is 3.29. The molecule has 2 aromatic rings. The molecule has 0 spiro atoms. The molecule has 22 heavy (non-hydrogen) atoms. The summed E-state index contributed by atoms with van der Waals surface area (Å²) in [6.07, 6.45) is 3.92. The number of rotatable bonds is 7. The quantitative estimate of drug-likeness (QED) is 0.852. The Balaban J connectivity index is 2.10. The molecule has 0 saturated heterocycles. The van der Waals surface area contributed by atoms with Crippen molar-refractivity contribution in [2.45, 2.75) is 46.1 Å². The Morgan fingerprint density at radius 2 is 2.23 bits per heavy atom. The lowest BCUT2D eigenvalue weighted by Gasteiger charge is -2.22. The molecule has 2 rings (SSSR count). The summed E-state index contributed by atoms with van der Waals surface area (Å²) in [5, 5.41) is 1.85. The first-order chi connectivity index (χ1) is 10.6. The van der Waals surface area contributed by atoms with Gasteiger partial charge in [-0.3, -0.25) is 9.59 Å². The molecule has 0 radical (unpaired) electrons. The van der Waals surface area contributed by atoms with Crippen LogP contribution in [0.5, 0.6) is 0 Å². The Labute approximate surface area is 134 Å². The van der Waals surface area contributed by atoms with Crippen molar-refractivity contribution in [3.8, 4) is 0 Å². The highest BCUT2D eigenvalue weighted by Gasteiger charge is 2.20. The van der Waals surface area contributed by atoms with E-state index in [2.05, 4.69) is 16.9 Å². The van der Waals surface area contributed by atoms with Crippen molar-refractivity contribution < 1.29 is 4.79 Å². The van der Waals surface area contributed by atoms with Gasteiger partial charge in [0.05, 0.1) is 12.1 Å². The molecule has 120 valence electrons. The average Bonchev–Trinajstić information content (AvgIpc) is 2.96. The molecule has 1 atom stereocenters. The van der Waals surface area contributed by atoms with Crippen LogP contribution in [0.2, 0.25) is 0 Å². The number of aromatic amines is 1. The molecular formula is C16H23N3O2S. The predicted octanol–water partition coefficient (Wildman–Crippen LogP) is 3.16. The zero-order valence-electron chi connectivity index (χ0n) is 13.4. The van der Waals surface area contributed by atoms with Crippen LogP contribution in [-0.2, 0) is 11.3 Å². The SMILES string of the molecule is CCCCC(CC)C(=O)N(C)Cc1nc2ccsc2c(=O)[nH]1. The van der Waals surface area contributed by atoms with E-state index >= 15 is 0 Å². The van der Waals surface area contributed by atoms with Gasteiger partial charge in [-0.25, -0.2) is 4.98 Å². The van der Waals surface area contributed by atoms with E-state index in [4.69, 9.17) is 0 Å². The number of hydrogen-bond donors (Lipinski definition) is 1. The van der Waals surface area contributed by atoms with E-state index in [0.29, 0.717) is 22.6 Å². The fraction of sp³-hybridized carbons (Fsp3) is 0.562. The average molecular weight is 321 g/mol. The molecule has 0 fully saturated rings. The topological polar surface area (TPSA) is 66.1 Å². The number of nitrogens with zero attached hydrogens (tertiary/aromatic N) is 2. The highest BCUT2D eigenvalue weighted by Crippen LogP contribution is 2.17. The van der Waals surface area contributed by atoms with Gasteiger partial charge >= 0.3 is 0 Å². The molecular weight excluding hydrogens is 298 g/mol. The summed E-state index contributed by atoms with van der Waals surface area (Å²) in [6, 6.07) is 1.83. The molecule has 0 aromatic carbocycles. The molecule has 6 heteroatoms. The second kappa shape index (κ2) is 7.54. The Kier molecular flexibility index (Phi) is 5.71. The first-order valence-corrected chi connectivity index (χ1v) is 8.66. The van der Waals surface area contributed by atoms with Gasteiger partial charge in [0.25, 0.3) is 5.56 Å². The minimum atomic E-state index is -0.131. The van der Waals surface area contributed by atoms with Crippen LogP contribution in [0.1, 0.15) is 45.4 Å². The molecule has 2 aromatic heterocycles. The van der Waals surface area contributed by atoms with E-state index in [0.717, 1.165) is 25.7 Å². The van der Waals surface area contributed by atoms with Crippen LogP contribution in [-0.4, -0.2) is 27.8 Å². The third kappa shape index (κ3) is 3.74. The van der Waals surface area contributed by atoms with Crippen LogP contribution in [0, 0.1) is 5.92 Å². The van der Waals surface area contributed by atoms with Gasteiger partial charge in [0.1, 0.15) is 10.5 Å². The second-order valence-corrected chi connectivity index (χ2v) is 6.51. The van der Waals surface area contributed by atoms with Crippen molar-refractivity contribution >= 4 is 27.5 Å². The number of nitrogens with one attached hydrogen (secondary N) is 1. The number of hydrogen-bond acceptors (Lipinski definition) is 4.